The smallest absolute Gasteiger partial charge is 0.410 e. The third-order valence-corrected chi connectivity index (χ3v) is 7.73. The van der Waals surface area contributed by atoms with Gasteiger partial charge in [-0.1, -0.05) is 6.07 Å². The van der Waals surface area contributed by atoms with Crippen LogP contribution in [0.5, 0.6) is 0 Å². The van der Waals surface area contributed by atoms with E-state index in [0.717, 1.165) is 15.3 Å². The number of rotatable bonds is 5. The Morgan fingerprint density at radius 2 is 2.06 bits per heavy atom. The predicted octanol–water partition coefficient (Wildman–Crippen LogP) is 4.09. The number of thiophene rings is 1. The molecule has 1 amide bonds. The SMILES string of the molecule is CN(C(=O)OCc1cc(-c2cccnc2C#N)n(S(=O)(=O)c2cccs2)c1)C(C)(C)C. The average molecular weight is 459 g/mol. The van der Waals surface area contributed by atoms with Crippen LogP contribution < -0.4 is 0 Å². The zero-order valence-electron chi connectivity index (χ0n) is 17.6. The third-order valence-electron chi connectivity index (χ3n) is 4.68. The van der Waals surface area contributed by atoms with Gasteiger partial charge in [-0.05, 0) is 50.4 Å². The molecule has 3 heterocycles. The number of ether oxygens (including phenoxy) is 1. The molecule has 0 aliphatic carbocycles. The van der Waals surface area contributed by atoms with Crippen LogP contribution in [0.15, 0.2) is 52.3 Å². The number of aromatic nitrogens is 2. The van der Waals surface area contributed by atoms with E-state index >= 15 is 0 Å². The molecule has 3 aromatic rings. The van der Waals surface area contributed by atoms with Crippen LogP contribution in [0.3, 0.4) is 0 Å². The molecule has 0 aromatic carbocycles. The zero-order chi connectivity index (χ0) is 22.8. The van der Waals surface area contributed by atoms with Gasteiger partial charge < -0.3 is 9.64 Å². The van der Waals surface area contributed by atoms with Gasteiger partial charge >= 0.3 is 6.09 Å². The van der Waals surface area contributed by atoms with Gasteiger partial charge in [-0.2, -0.15) is 13.7 Å². The molecule has 0 N–H and O–H groups in total. The Morgan fingerprint density at radius 3 is 2.68 bits per heavy atom. The zero-order valence-corrected chi connectivity index (χ0v) is 19.2. The maximum absolute atomic E-state index is 13.2. The van der Waals surface area contributed by atoms with E-state index in [9.17, 15) is 18.5 Å². The van der Waals surface area contributed by atoms with Crippen LogP contribution in [-0.2, 0) is 21.4 Å². The molecule has 0 radical (unpaired) electrons. The van der Waals surface area contributed by atoms with Crippen molar-refractivity contribution in [2.24, 2.45) is 0 Å². The van der Waals surface area contributed by atoms with E-state index in [4.69, 9.17) is 4.74 Å². The monoisotopic (exact) mass is 458 g/mol. The molecule has 162 valence electrons. The largest absolute Gasteiger partial charge is 0.444 e. The van der Waals surface area contributed by atoms with Crippen molar-refractivity contribution in [3.63, 3.8) is 0 Å². The van der Waals surface area contributed by atoms with Crippen molar-refractivity contribution in [2.75, 3.05) is 7.05 Å². The predicted molar refractivity (Wildman–Crippen MR) is 117 cm³/mol. The van der Waals surface area contributed by atoms with E-state index in [1.807, 2.05) is 26.8 Å². The number of nitrogens with zero attached hydrogens (tertiary/aromatic N) is 4. The molecule has 0 aliphatic rings. The van der Waals surface area contributed by atoms with Crippen LogP contribution in [0, 0.1) is 11.3 Å². The highest BCUT2D eigenvalue weighted by atomic mass is 32.2. The van der Waals surface area contributed by atoms with Crippen molar-refractivity contribution in [1.29, 1.82) is 5.26 Å². The maximum Gasteiger partial charge on any atom is 0.410 e. The van der Waals surface area contributed by atoms with Crippen LogP contribution in [0.1, 0.15) is 32.0 Å². The summed E-state index contributed by atoms with van der Waals surface area (Å²) < 4.78 is 33.1. The lowest BCUT2D eigenvalue weighted by Gasteiger charge is -2.30. The topological polar surface area (TPSA) is 105 Å². The Bertz CT molecular complexity index is 1230. The molecule has 0 atom stereocenters. The van der Waals surface area contributed by atoms with Crippen molar-refractivity contribution in [1.82, 2.24) is 13.9 Å². The molecule has 0 fully saturated rings. The molecule has 3 rings (SSSR count). The molecular weight excluding hydrogens is 436 g/mol. The lowest BCUT2D eigenvalue weighted by Crippen LogP contribution is -2.42. The van der Waals surface area contributed by atoms with Gasteiger partial charge in [-0.25, -0.2) is 13.8 Å². The van der Waals surface area contributed by atoms with Crippen molar-refractivity contribution in [2.45, 2.75) is 37.1 Å². The molecule has 10 heteroatoms. The van der Waals surface area contributed by atoms with Crippen molar-refractivity contribution < 1.29 is 17.9 Å². The quantitative estimate of drug-likeness (QED) is 0.570. The summed E-state index contributed by atoms with van der Waals surface area (Å²) in [5.41, 5.74) is 0.786. The average Bonchev–Trinajstić information content (AvgIpc) is 3.41. The molecule has 0 bridgehead atoms. The van der Waals surface area contributed by atoms with E-state index < -0.39 is 21.7 Å². The number of hydrogen-bond donors (Lipinski definition) is 0. The van der Waals surface area contributed by atoms with Gasteiger partial charge in [0.1, 0.15) is 22.6 Å². The fourth-order valence-corrected chi connectivity index (χ4v) is 5.17. The van der Waals surface area contributed by atoms with Gasteiger partial charge in [0.05, 0.1) is 5.69 Å². The summed E-state index contributed by atoms with van der Waals surface area (Å²) in [5, 5.41) is 11.1. The second kappa shape index (κ2) is 8.53. The molecule has 0 spiro atoms. The Hall–Kier alpha value is -3.16. The highest BCUT2D eigenvalue weighted by Gasteiger charge is 2.26. The summed E-state index contributed by atoms with van der Waals surface area (Å²) >= 11 is 1.09. The number of nitriles is 1. The highest BCUT2D eigenvalue weighted by Crippen LogP contribution is 2.30. The summed E-state index contributed by atoms with van der Waals surface area (Å²) in [7, 11) is -2.28. The Labute approximate surface area is 185 Å². The first-order valence-corrected chi connectivity index (χ1v) is 11.6. The summed E-state index contributed by atoms with van der Waals surface area (Å²) in [6, 6.07) is 10.00. The first-order valence-electron chi connectivity index (χ1n) is 9.32. The molecule has 31 heavy (non-hydrogen) atoms. The van der Waals surface area contributed by atoms with Gasteiger partial charge in [-0.3, -0.25) is 0 Å². The van der Waals surface area contributed by atoms with E-state index in [1.165, 1.54) is 23.4 Å². The number of hydrogen-bond acceptors (Lipinski definition) is 7. The van der Waals surface area contributed by atoms with Crippen LogP contribution in [0.4, 0.5) is 4.79 Å². The van der Waals surface area contributed by atoms with E-state index in [1.54, 1.807) is 36.7 Å². The first-order chi connectivity index (χ1) is 14.6. The van der Waals surface area contributed by atoms with Crippen molar-refractivity contribution in [3.05, 3.63) is 59.4 Å². The molecule has 0 saturated heterocycles. The van der Waals surface area contributed by atoms with Gasteiger partial charge in [-0.15, -0.1) is 11.3 Å². The molecule has 0 unspecified atom stereocenters. The van der Waals surface area contributed by atoms with Gasteiger partial charge in [0, 0.05) is 36.1 Å². The lowest BCUT2D eigenvalue weighted by atomic mass is 10.1. The maximum atomic E-state index is 13.2. The van der Waals surface area contributed by atoms with Crippen LogP contribution in [0.25, 0.3) is 11.3 Å². The summed E-state index contributed by atoms with van der Waals surface area (Å²) in [6.45, 7) is 5.51. The first kappa shape index (κ1) is 22.5. The molecule has 8 nitrogen and oxygen atoms in total. The normalized spacial score (nSPS) is 11.7. The standard InChI is InChI=1S/C21H22N4O4S2/c1-21(2,3)24(4)20(26)29-14-15-11-18(16-7-5-9-23-17(16)12-22)25(13-15)31(27,28)19-8-6-10-30-19/h5-11,13H,14H2,1-4H3. The minimum Gasteiger partial charge on any atom is -0.444 e. The lowest BCUT2D eigenvalue weighted by molar-refractivity contribution is 0.0759. The van der Waals surface area contributed by atoms with Crippen molar-refractivity contribution in [3.8, 4) is 17.3 Å². The number of amides is 1. The van der Waals surface area contributed by atoms with Crippen molar-refractivity contribution >= 4 is 27.5 Å². The number of carbonyl (C=O) groups is 1. The minimum atomic E-state index is -3.91. The second-order valence-corrected chi connectivity index (χ2v) is 10.8. The van der Waals surface area contributed by atoms with E-state index in [0.29, 0.717) is 11.1 Å². The fraction of sp³-hybridized carbons (Fsp3) is 0.286. The summed E-state index contributed by atoms with van der Waals surface area (Å²) in [5.74, 6) is 0. The van der Waals surface area contributed by atoms with Crippen LogP contribution in [-0.4, -0.2) is 41.0 Å². The summed E-state index contributed by atoms with van der Waals surface area (Å²) in [4.78, 5) is 17.8. The molecule has 3 aromatic heterocycles. The highest BCUT2D eigenvalue weighted by molar-refractivity contribution is 7.92. The Balaban J connectivity index is 2.03. The van der Waals surface area contributed by atoms with Gasteiger partial charge in [0.15, 0.2) is 0 Å². The number of pyridine rings is 1. The van der Waals surface area contributed by atoms with Gasteiger partial charge in [0.25, 0.3) is 10.0 Å². The molecule has 0 saturated carbocycles. The number of carbonyl (C=O) groups excluding carboxylic acids is 1. The van der Waals surface area contributed by atoms with Crippen LogP contribution in [0.2, 0.25) is 0 Å². The summed E-state index contributed by atoms with van der Waals surface area (Å²) in [6.07, 6.45) is 2.35. The molecular formula is C21H22N4O4S2. The Morgan fingerprint density at radius 1 is 1.32 bits per heavy atom. The van der Waals surface area contributed by atoms with Gasteiger partial charge in [0.2, 0.25) is 0 Å². The van der Waals surface area contributed by atoms with Crippen LogP contribution >= 0.6 is 11.3 Å². The molecule has 0 aliphatic heterocycles. The fourth-order valence-electron chi connectivity index (χ4n) is 2.69. The minimum absolute atomic E-state index is 0.0965. The van der Waals surface area contributed by atoms with E-state index in [-0.39, 0.29) is 22.2 Å². The second-order valence-electron chi connectivity index (χ2n) is 7.76. The van der Waals surface area contributed by atoms with E-state index in [2.05, 4.69) is 4.98 Å². The Kier molecular flexibility index (Phi) is 6.20. The third kappa shape index (κ3) is 4.62.